The van der Waals surface area contributed by atoms with Gasteiger partial charge in [-0.05, 0) is 107 Å². The van der Waals surface area contributed by atoms with Crippen LogP contribution in [0.4, 0.5) is 0 Å². The van der Waals surface area contributed by atoms with Gasteiger partial charge in [-0.25, -0.2) is 10.2 Å². The molecule has 0 spiro atoms. The fourth-order valence-corrected chi connectivity index (χ4v) is 3.82. The van der Waals surface area contributed by atoms with Gasteiger partial charge < -0.3 is 9.47 Å². The van der Waals surface area contributed by atoms with Crippen LogP contribution in [0.3, 0.4) is 0 Å². The average molecular weight is 611 g/mol. The molecule has 0 unspecified atom stereocenters. The number of halogens is 2. The number of rotatable bonds is 8. The molecule has 4 aromatic rings. The SMILES string of the molecule is O=C(N/N=C\c1ccc(OC(=O)c2ccccc2I)cc1)c1ccc(OCc2ccc(Cl)cc2)cc1. The van der Waals surface area contributed by atoms with Crippen molar-refractivity contribution in [3.05, 3.63) is 128 Å². The first kappa shape index (κ1) is 25.4. The van der Waals surface area contributed by atoms with Gasteiger partial charge in [-0.15, -0.1) is 0 Å². The van der Waals surface area contributed by atoms with Gasteiger partial charge in [0.1, 0.15) is 18.1 Å². The predicted molar refractivity (Wildman–Crippen MR) is 148 cm³/mol. The second kappa shape index (κ2) is 12.3. The zero-order chi connectivity index (χ0) is 25.3. The Hall–Kier alpha value is -3.69. The van der Waals surface area contributed by atoms with Gasteiger partial charge >= 0.3 is 5.97 Å². The number of amides is 1. The minimum Gasteiger partial charge on any atom is -0.489 e. The van der Waals surface area contributed by atoms with E-state index in [0.717, 1.165) is 14.7 Å². The highest BCUT2D eigenvalue weighted by Gasteiger charge is 2.11. The number of esters is 1. The molecule has 0 aliphatic rings. The number of carbonyl (C=O) groups excluding carboxylic acids is 2. The first-order valence-electron chi connectivity index (χ1n) is 10.9. The van der Waals surface area contributed by atoms with Crippen LogP contribution < -0.4 is 14.9 Å². The van der Waals surface area contributed by atoms with Gasteiger partial charge in [0, 0.05) is 14.2 Å². The molecule has 180 valence electrons. The van der Waals surface area contributed by atoms with Gasteiger partial charge in [0.05, 0.1) is 11.8 Å². The maximum atomic E-state index is 12.4. The fourth-order valence-electron chi connectivity index (χ4n) is 3.09. The summed E-state index contributed by atoms with van der Waals surface area (Å²) in [5.74, 6) is 0.292. The van der Waals surface area contributed by atoms with E-state index >= 15 is 0 Å². The van der Waals surface area contributed by atoms with E-state index in [2.05, 4.69) is 33.1 Å². The number of benzene rings is 4. The smallest absolute Gasteiger partial charge is 0.344 e. The molecule has 1 amide bonds. The highest BCUT2D eigenvalue weighted by atomic mass is 127. The van der Waals surface area contributed by atoms with E-state index in [1.165, 1.54) is 6.21 Å². The van der Waals surface area contributed by atoms with Crippen molar-refractivity contribution in [3.8, 4) is 11.5 Å². The molecule has 4 aromatic carbocycles. The van der Waals surface area contributed by atoms with Crippen molar-refractivity contribution in [2.75, 3.05) is 0 Å². The minimum atomic E-state index is -0.421. The van der Waals surface area contributed by atoms with Crippen molar-refractivity contribution in [1.82, 2.24) is 5.43 Å². The Bertz CT molecular complexity index is 1370. The van der Waals surface area contributed by atoms with Crippen LogP contribution in [0.1, 0.15) is 31.8 Å². The van der Waals surface area contributed by atoms with Crippen LogP contribution in [0.5, 0.6) is 11.5 Å². The number of nitrogens with zero attached hydrogens (tertiary/aromatic N) is 1. The molecule has 0 aliphatic carbocycles. The zero-order valence-electron chi connectivity index (χ0n) is 18.9. The van der Waals surface area contributed by atoms with Crippen LogP contribution in [0.2, 0.25) is 5.02 Å². The molecule has 0 heterocycles. The second-order valence-corrected chi connectivity index (χ2v) is 9.18. The Balaban J connectivity index is 1.26. The molecule has 36 heavy (non-hydrogen) atoms. The second-order valence-electron chi connectivity index (χ2n) is 7.58. The normalized spacial score (nSPS) is 10.7. The van der Waals surface area contributed by atoms with Gasteiger partial charge in [-0.2, -0.15) is 5.10 Å². The zero-order valence-corrected chi connectivity index (χ0v) is 21.8. The van der Waals surface area contributed by atoms with Crippen molar-refractivity contribution in [2.45, 2.75) is 6.61 Å². The summed E-state index contributed by atoms with van der Waals surface area (Å²) >= 11 is 7.98. The summed E-state index contributed by atoms with van der Waals surface area (Å²) in [7, 11) is 0. The number of carbonyl (C=O) groups is 2. The van der Waals surface area contributed by atoms with E-state index in [1.54, 1.807) is 60.7 Å². The van der Waals surface area contributed by atoms with Crippen molar-refractivity contribution >= 4 is 52.3 Å². The molecule has 0 aromatic heterocycles. The minimum absolute atomic E-state index is 0.349. The van der Waals surface area contributed by atoms with E-state index in [1.807, 2.05) is 36.4 Å². The number of nitrogens with one attached hydrogen (secondary N) is 1. The third-order valence-electron chi connectivity index (χ3n) is 5.00. The lowest BCUT2D eigenvalue weighted by Crippen LogP contribution is -2.17. The summed E-state index contributed by atoms with van der Waals surface area (Å²) in [5, 5.41) is 4.67. The Morgan fingerprint density at radius 1 is 0.861 bits per heavy atom. The lowest BCUT2D eigenvalue weighted by atomic mass is 10.2. The lowest BCUT2D eigenvalue weighted by Gasteiger charge is -2.07. The number of hydrogen-bond acceptors (Lipinski definition) is 5. The van der Waals surface area contributed by atoms with Crippen molar-refractivity contribution in [2.24, 2.45) is 5.10 Å². The van der Waals surface area contributed by atoms with Crippen molar-refractivity contribution in [1.29, 1.82) is 0 Å². The number of hydrazone groups is 1. The Labute approximate surface area is 227 Å². The highest BCUT2D eigenvalue weighted by Crippen LogP contribution is 2.18. The van der Waals surface area contributed by atoms with Crippen LogP contribution >= 0.6 is 34.2 Å². The highest BCUT2D eigenvalue weighted by molar-refractivity contribution is 14.1. The standard InChI is InChI=1S/C28H20ClIN2O4/c29-22-11-5-20(6-12-22)18-35-23-15-9-21(10-16-23)27(33)32-31-17-19-7-13-24(14-8-19)36-28(34)25-3-1-2-4-26(25)30/h1-17H,18H2,(H,32,33)/b31-17-. The van der Waals surface area contributed by atoms with Crippen LogP contribution in [0.25, 0.3) is 0 Å². The van der Waals surface area contributed by atoms with Gasteiger partial charge in [0.2, 0.25) is 0 Å². The first-order chi connectivity index (χ1) is 17.5. The molecule has 1 N–H and O–H groups in total. The van der Waals surface area contributed by atoms with Gasteiger partial charge in [0.15, 0.2) is 0 Å². The van der Waals surface area contributed by atoms with Crippen LogP contribution in [-0.4, -0.2) is 18.1 Å². The summed E-state index contributed by atoms with van der Waals surface area (Å²) < 4.78 is 12.0. The van der Waals surface area contributed by atoms with Crippen molar-refractivity contribution < 1.29 is 19.1 Å². The van der Waals surface area contributed by atoms with Gasteiger partial charge in [0.25, 0.3) is 5.91 Å². The monoisotopic (exact) mass is 610 g/mol. The number of hydrogen-bond donors (Lipinski definition) is 1. The quantitative estimate of drug-likeness (QED) is 0.0812. The van der Waals surface area contributed by atoms with E-state index < -0.39 is 5.97 Å². The van der Waals surface area contributed by atoms with Gasteiger partial charge in [-0.1, -0.05) is 35.9 Å². The van der Waals surface area contributed by atoms with E-state index in [4.69, 9.17) is 21.1 Å². The maximum absolute atomic E-state index is 12.4. The molecule has 0 bridgehead atoms. The fraction of sp³-hybridized carbons (Fsp3) is 0.0357. The Kier molecular flexibility index (Phi) is 8.70. The third kappa shape index (κ3) is 7.16. The lowest BCUT2D eigenvalue weighted by molar-refractivity contribution is 0.0733. The maximum Gasteiger partial charge on any atom is 0.344 e. The molecule has 0 fully saturated rings. The van der Waals surface area contributed by atoms with E-state index in [-0.39, 0.29) is 5.91 Å². The molecule has 4 rings (SSSR count). The molecular weight excluding hydrogens is 591 g/mol. The van der Waals surface area contributed by atoms with Gasteiger partial charge in [-0.3, -0.25) is 4.79 Å². The topological polar surface area (TPSA) is 77.0 Å². The predicted octanol–water partition coefficient (Wildman–Crippen LogP) is 6.51. The average Bonchev–Trinajstić information content (AvgIpc) is 2.90. The van der Waals surface area contributed by atoms with E-state index in [9.17, 15) is 9.59 Å². The molecule has 0 saturated heterocycles. The molecule has 0 saturated carbocycles. The van der Waals surface area contributed by atoms with Crippen LogP contribution in [-0.2, 0) is 6.61 Å². The Morgan fingerprint density at radius 3 is 2.22 bits per heavy atom. The first-order valence-corrected chi connectivity index (χ1v) is 12.3. The molecule has 0 atom stereocenters. The summed E-state index contributed by atoms with van der Waals surface area (Å²) in [6.07, 6.45) is 1.51. The molecular formula is C28H20ClIN2O4. The summed E-state index contributed by atoms with van der Waals surface area (Å²) in [4.78, 5) is 24.7. The summed E-state index contributed by atoms with van der Waals surface area (Å²) in [6, 6.07) is 28.2. The summed E-state index contributed by atoms with van der Waals surface area (Å²) in [6.45, 7) is 0.399. The molecule has 8 heteroatoms. The third-order valence-corrected chi connectivity index (χ3v) is 6.19. The van der Waals surface area contributed by atoms with Crippen molar-refractivity contribution in [3.63, 3.8) is 0 Å². The van der Waals surface area contributed by atoms with Crippen LogP contribution in [0.15, 0.2) is 102 Å². The molecule has 6 nitrogen and oxygen atoms in total. The number of ether oxygens (including phenoxy) is 2. The molecule has 0 aliphatic heterocycles. The molecule has 0 radical (unpaired) electrons. The van der Waals surface area contributed by atoms with E-state index in [0.29, 0.717) is 34.3 Å². The largest absolute Gasteiger partial charge is 0.489 e. The Morgan fingerprint density at radius 2 is 1.53 bits per heavy atom. The van der Waals surface area contributed by atoms with Crippen LogP contribution in [0, 0.1) is 3.57 Å². The summed E-state index contributed by atoms with van der Waals surface area (Å²) in [5.41, 5.74) is 5.18.